The second-order valence-corrected chi connectivity index (χ2v) is 8.90. The zero-order valence-corrected chi connectivity index (χ0v) is 20.4. The Hall–Kier alpha value is -3.42. The fraction of sp³-hybridized carbons (Fsp3) is 0.192. The summed E-state index contributed by atoms with van der Waals surface area (Å²) in [6.07, 6.45) is 0.576. The predicted octanol–water partition coefficient (Wildman–Crippen LogP) is 6.09. The normalized spacial score (nSPS) is 10.9. The van der Waals surface area contributed by atoms with Gasteiger partial charge in [0, 0.05) is 12.1 Å². The average Bonchev–Trinajstić information content (AvgIpc) is 3.21. The van der Waals surface area contributed by atoms with Crippen LogP contribution in [0.2, 0.25) is 5.02 Å². The fourth-order valence-corrected chi connectivity index (χ4v) is 3.76. The van der Waals surface area contributed by atoms with Gasteiger partial charge in [0.15, 0.2) is 23.2 Å². The number of thiocarbonyl (C=S) groups is 1. The van der Waals surface area contributed by atoms with Crippen LogP contribution < -0.4 is 15.4 Å². The van der Waals surface area contributed by atoms with Crippen molar-refractivity contribution in [2.45, 2.75) is 26.2 Å². The third-order valence-corrected chi connectivity index (χ3v) is 5.65. The van der Waals surface area contributed by atoms with Crippen LogP contribution in [0.15, 0.2) is 71.1 Å². The van der Waals surface area contributed by atoms with Crippen LogP contribution in [0.5, 0.6) is 5.75 Å². The molecule has 0 saturated heterocycles. The minimum Gasteiger partial charge on any atom is -0.482 e. The van der Waals surface area contributed by atoms with Gasteiger partial charge in [-0.3, -0.25) is 10.1 Å². The zero-order chi connectivity index (χ0) is 24.1. The van der Waals surface area contributed by atoms with E-state index in [-0.39, 0.29) is 17.6 Å². The molecule has 1 amide bonds. The molecular weight excluding hydrogens is 470 g/mol. The first kappa shape index (κ1) is 23.7. The lowest BCUT2D eigenvalue weighted by Gasteiger charge is -2.11. The number of halogens is 1. The van der Waals surface area contributed by atoms with Crippen molar-refractivity contribution in [2.75, 3.05) is 11.9 Å². The number of anilines is 1. The first-order chi connectivity index (χ1) is 16.4. The minimum atomic E-state index is -0.384. The van der Waals surface area contributed by atoms with E-state index in [4.69, 9.17) is 33.0 Å². The summed E-state index contributed by atoms with van der Waals surface area (Å²) in [6.45, 7) is 4.11. The summed E-state index contributed by atoms with van der Waals surface area (Å²) < 4.78 is 11.3. The molecule has 0 atom stereocenters. The summed E-state index contributed by atoms with van der Waals surface area (Å²) in [5.41, 5.74) is 4.70. The van der Waals surface area contributed by atoms with E-state index in [1.807, 2.05) is 30.3 Å². The summed E-state index contributed by atoms with van der Waals surface area (Å²) in [5, 5.41) is 6.20. The lowest BCUT2D eigenvalue weighted by Crippen LogP contribution is -2.37. The van der Waals surface area contributed by atoms with Crippen LogP contribution in [-0.4, -0.2) is 22.6 Å². The lowest BCUT2D eigenvalue weighted by atomic mass is 10.0. The molecule has 0 aliphatic rings. The monoisotopic (exact) mass is 493 g/mol. The van der Waals surface area contributed by atoms with Crippen LogP contribution in [0, 0.1) is 0 Å². The molecule has 0 bridgehead atoms. The van der Waals surface area contributed by atoms with Gasteiger partial charge in [0.05, 0.1) is 5.02 Å². The number of aromatic nitrogens is 1. The molecule has 6 nitrogen and oxygen atoms in total. The molecule has 34 heavy (non-hydrogen) atoms. The third kappa shape index (κ3) is 6.12. The number of oxazole rings is 1. The molecular formula is C26H24ClN3O3S. The number of nitrogens with zero attached hydrogens (tertiary/aromatic N) is 1. The van der Waals surface area contributed by atoms with Crippen LogP contribution in [-0.2, 0) is 11.2 Å². The Bertz CT molecular complexity index is 1320. The summed E-state index contributed by atoms with van der Waals surface area (Å²) in [7, 11) is 0. The zero-order valence-electron chi connectivity index (χ0n) is 18.8. The second-order valence-electron chi connectivity index (χ2n) is 8.08. The number of amides is 1. The first-order valence-electron chi connectivity index (χ1n) is 10.8. The van der Waals surface area contributed by atoms with Gasteiger partial charge in [0.25, 0.3) is 5.91 Å². The maximum Gasteiger partial charge on any atom is 0.264 e. The highest BCUT2D eigenvalue weighted by molar-refractivity contribution is 7.80. The van der Waals surface area contributed by atoms with Crippen molar-refractivity contribution >= 4 is 51.6 Å². The van der Waals surface area contributed by atoms with Gasteiger partial charge in [-0.15, -0.1) is 0 Å². The Morgan fingerprint density at radius 1 is 1.12 bits per heavy atom. The third-order valence-electron chi connectivity index (χ3n) is 5.14. The average molecular weight is 494 g/mol. The molecule has 2 N–H and O–H groups in total. The fourth-order valence-electron chi connectivity index (χ4n) is 3.34. The van der Waals surface area contributed by atoms with E-state index in [9.17, 15) is 4.79 Å². The van der Waals surface area contributed by atoms with E-state index in [0.717, 1.165) is 22.4 Å². The van der Waals surface area contributed by atoms with E-state index < -0.39 is 0 Å². The largest absolute Gasteiger partial charge is 0.482 e. The van der Waals surface area contributed by atoms with Crippen LogP contribution in [0.25, 0.3) is 11.1 Å². The quantitative estimate of drug-likeness (QED) is 0.303. The Labute approximate surface area is 208 Å². The van der Waals surface area contributed by atoms with Gasteiger partial charge >= 0.3 is 0 Å². The highest BCUT2D eigenvalue weighted by Crippen LogP contribution is 2.24. The molecule has 0 aliphatic heterocycles. The number of ether oxygens (including phenoxy) is 1. The number of rotatable bonds is 7. The van der Waals surface area contributed by atoms with Crippen molar-refractivity contribution in [3.8, 4) is 5.75 Å². The van der Waals surface area contributed by atoms with Crippen molar-refractivity contribution in [3.63, 3.8) is 0 Å². The highest BCUT2D eigenvalue weighted by Gasteiger charge is 2.10. The van der Waals surface area contributed by atoms with Crippen LogP contribution in [0.3, 0.4) is 0 Å². The van der Waals surface area contributed by atoms with Crippen molar-refractivity contribution in [1.29, 1.82) is 0 Å². The molecule has 0 unspecified atom stereocenters. The molecule has 8 heteroatoms. The van der Waals surface area contributed by atoms with Gasteiger partial charge in [-0.1, -0.05) is 55.8 Å². The van der Waals surface area contributed by atoms with Crippen LogP contribution in [0.1, 0.15) is 36.8 Å². The van der Waals surface area contributed by atoms with Crippen molar-refractivity contribution < 1.29 is 13.9 Å². The summed E-state index contributed by atoms with van der Waals surface area (Å²) in [4.78, 5) is 16.7. The van der Waals surface area contributed by atoms with Crippen molar-refractivity contribution in [3.05, 3.63) is 88.8 Å². The van der Waals surface area contributed by atoms with Gasteiger partial charge in [0.2, 0.25) is 0 Å². The number of para-hydroxylation sites is 1. The number of fused-ring (bicyclic) bond motifs is 1. The van der Waals surface area contributed by atoms with E-state index in [1.165, 1.54) is 5.56 Å². The van der Waals surface area contributed by atoms with Crippen molar-refractivity contribution in [2.24, 2.45) is 0 Å². The Morgan fingerprint density at radius 2 is 1.88 bits per heavy atom. The molecule has 1 heterocycles. The summed E-state index contributed by atoms with van der Waals surface area (Å²) in [5.74, 6) is 1.16. The van der Waals surface area contributed by atoms with Gasteiger partial charge in [0.1, 0.15) is 11.3 Å². The topological polar surface area (TPSA) is 76.4 Å². The maximum atomic E-state index is 12.1. The predicted molar refractivity (Wildman–Crippen MR) is 139 cm³/mol. The Kier molecular flexibility index (Phi) is 7.45. The molecule has 1 aromatic heterocycles. The number of hydrogen-bond donors (Lipinski definition) is 2. The van der Waals surface area contributed by atoms with Gasteiger partial charge in [-0.2, -0.15) is 0 Å². The van der Waals surface area contributed by atoms with E-state index in [0.29, 0.717) is 29.0 Å². The van der Waals surface area contributed by atoms with Crippen molar-refractivity contribution in [1.82, 2.24) is 10.3 Å². The number of carbonyl (C=O) groups is 1. The van der Waals surface area contributed by atoms with E-state index in [1.54, 1.807) is 24.3 Å². The SMILES string of the molecule is CC(C)c1ccc2oc(Cc3ccc(NC(=S)NC(=O)COc4ccccc4Cl)cc3)nc2c1. The highest BCUT2D eigenvalue weighted by atomic mass is 35.5. The molecule has 0 aliphatic carbocycles. The second kappa shape index (κ2) is 10.7. The molecule has 0 fully saturated rings. The molecule has 0 saturated carbocycles. The Balaban J connectivity index is 1.29. The molecule has 0 spiro atoms. The Morgan fingerprint density at radius 3 is 2.62 bits per heavy atom. The van der Waals surface area contributed by atoms with E-state index >= 15 is 0 Å². The van der Waals surface area contributed by atoms with Crippen LogP contribution in [0.4, 0.5) is 5.69 Å². The number of hydrogen-bond acceptors (Lipinski definition) is 5. The first-order valence-corrected chi connectivity index (χ1v) is 11.6. The van der Waals surface area contributed by atoms with Gasteiger partial charge in [-0.25, -0.2) is 4.98 Å². The van der Waals surface area contributed by atoms with Gasteiger partial charge < -0.3 is 14.5 Å². The molecule has 3 aromatic carbocycles. The minimum absolute atomic E-state index is 0.181. The number of carbonyl (C=O) groups excluding carboxylic acids is 1. The maximum absolute atomic E-state index is 12.1. The summed E-state index contributed by atoms with van der Waals surface area (Å²) in [6, 6.07) is 20.8. The van der Waals surface area contributed by atoms with E-state index in [2.05, 4.69) is 41.6 Å². The number of nitrogens with one attached hydrogen (secondary N) is 2. The lowest BCUT2D eigenvalue weighted by molar-refractivity contribution is -0.121. The van der Waals surface area contributed by atoms with Gasteiger partial charge in [-0.05, 0) is 65.7 Å². The van der Waals surface area contributed by atoms with Crippen LogP contribution >= 0.6 is 23.8 Å². The molecule has 4 rings (SSSR count). The smallest absolute Gasteiger partial charge is 0.264 e. The molecule has 4 aromatic rings. The standard InChI is InChI=1S/C26H24ClN3O3S/c1-16(2)18-9-12-23-21(14-18)29-25(33-23)13-17-7-10-19(11-8-17)28-26(34)30-24(31)15-32-22-6-4-3-5-20(22)27/h3-12,14,16H,13,15H2,1-2H3,(H2,28,30,31,34). The summed E-state index contributed by atoms with van der Waals surface area (Å²) >= 11 is 11.2. The molecule has 0 radical (unpaired) electrons. The number of benzene rings is 3. The molecule has 174 valence electrons.